The van der Waals surface area contributed by atoms with Gasteiger partial charge in [-0.05, 0) is 20.3 Å². The number of rotatable bonds is 8. The van der Waals surface area contributed by atoms with E-state index in [0.29, 0.717) is 6.61 Å². The van der Waals surface area contributed by atoms with E-state index in [1.165, 1.54) is 13.8 Å². The fourth-order valence-corrected chi connectivity index (χ4v) is 1.13. The van der Waals surface area contributed by atoms with Gasteiger partial charge in [-0.1, -0.05) is 32.8 Å². The van der Waals surface area contributed by atoms with Gasteiger partial charge < -0.3 is 9.47 Å². The van der Waals surface area contributed by atoms with E-state index in [0.717, 1.165) is 25.7 Å². The molecule has 17 heavy (non-hydrogen) atoms. The van der Waals surface area contributed by atoms with Crippen LogP contribution in [-0.4, -0.2) is 24.6 Å². The smallest absolute Gasteiger partial charge is 0.347 e. The van der Waals surface area contributed by atoms with Crippen molar-refractivity contribution in [2.75, 3.05) is 6.61 Å². The summed E-state index contributed by atoms with van der Waals surface area (Å²) in [6.45, 7) is 8.96. The van der Waals surface area contributed by atoms with Gasteiger partial charge in [0.1, 0.15) is 0 Å². The summed E-state index contributed by atoms with van der Waals surface area (Å²) in [6, 6.07) is 0. The molecule has 0 radical (unpaired) electrons. The minimum absolute atomic E-state index is 0.271. The Balaban J connectivity index is 3.75. The zero-order valence-electron chi connectivity index (χ0n) is 11.0. The maximum Gasteiger partial charge on any atom is 0.347 e. The average Bonchev–Trinajstić information content (AvgIpc) is 2.28. The summed E-state index contributed by atoms with van der Waals surface area (Å²) in [5.74, 6) is -1.07. The van der Waals surface area contributed by atoms with Crippen LogP contribution in [-0.2, 0) is 19.1 Å². The lowest BCUT2D eigenvalue weighted by Crippen LogP contribution is -2.26. The van der Waals surface area contributed by atoms with Crippen LogP contribution >= 0.6 is 0 Å². The average molecular weight is 242 g/mol. The molecule has 0 fully saturated rings. The van der Waals surface area contributed by atoms with Crippen molar-refractivity contribution < 1.29 is 19.1 Å². The number of carbonyl (C=O) groups excluding carboxylic acids is 2. The predicted octanol–water partition coefficient (Wildman–Crippen LogP) is 2.62. The van der Waals surface area contributed by atoms with Gasteiger partial charge in [0, 0.05) is 5.57 Å². The van der Waals surface area contributed by atoms with Gasteiger partial charge in [0.15, 0.2) is 6.10 Å². The first-order valence-electron chi connectivity index (χ1n) is 6.02. The van der Waals surface area contributed by atoms with E-state index in [4.69, 9.17) is 9.47 Å². The van der Waals surface area contributed by atoms with Crippen molar-refractivity contribution in [2.24, 2.45) is 0 Å². The molecule has 0 aliphatic heterocycles. The van der Waals surface area contributed by atoms with Crippen molar-refractivity contribution in [3.8, 4) is 0 Å². The van der Waals surface area contributed by atoms with Gasteiger partial charge in [0.25, 0.3) is 0 Å². The number of carbonyl (C=O) groups is 2. The lowest BCUT2D eigenvalue weighted by molar-refractivity contribution is -0.164. The molecule has 0 saturated heterocycles. The number of hydrogen-bond acceptors (Lipinski definition) is 4. The van der Waals surface area contributed by atoms with Gasteiger partial charge in [0.2, 0.25) is 0 Å². The maximum absolute atomic E-state index is 11.4. The van der Waals surface area contributed by atoms with E-state index in [9.17, 15) is 9.59 Å². The molecule has 1 atom stereocenters. The second kappa shape index (κ2) is 8.79. The Labute approximate surface area is 103 Å². The van der Waals surface area contributed by atoms with Gasteiger partial charge in [0.05, 0.1) is 6.61 Å². The van der Waals surface area contributed by atoms with E-state index in [1.807, 2.05) is 0 Å². The highest BCUT2D eigenvalue weighted by Gasteiger charge is 2.19. The highest BCUT2D eigenvalue weighted by atomic mass is 16.6. The third-order valence-electron chi connectivity index (χ3n) is 2.21. The lowest BCUT2D eigenvalue weighted by Gasteiger charge is -2.12. The van der Waals surface area contributed by atoms with Gasteiger partial charge in [-0.2, -0.15) is 0 Å². The SMILES string of the molecule is C=C(C)C(=O)OC(C)C(=O)OCCCCCC. The van der Waals surface area contributed by atoms with Crippen molar-refractivity contribution in [3.05, 3.63) is 12.2 Å². The number of esters is 2. The Hall–Kier alpha value is -1.32. The zero-order valence-corrected chi connectivity index (χ0v) is 11.0. The molecule has 0 heterocycles. The molecular formula is C13H22O4. The summed E-state index contributed by atoms with van der Waals surface area (Å²) in [5, 5.41) is 0. The topological polar surface area (TPSA) is 52.6 Å². The van der Waals surface area contributed by atoms with Crippen LogP contribution in [0.1, 0.15) is 46.5 Å². The highest BCUT2D eigenvalue weighted by Crippen LogP contribution is 2.03. The van der Waals surface area contributed by atoms with Crippen LogP contribution in [0.3, 0.4) is 0 Å². The van der Waals surface area contributed by atoms with Crippen molar-refractivity contribution >= 4 is 11.9 Å². The Morgan fingerprint density at radius 1 is 1.24 bits per heavy atom. The van der Waals surface area contributed by atoms with Crippen molar-refractivity contribution in [1.29, 1.82) is 0 Å². The fourth-order valence-electron chi connectivity index (χ4n) is 1.13. The first kappa shape index (κ1) is 15.7. The number of unbranched alkanes of at least 4 members (excludes halogenated alkanes) is 3. The molecule has 0 rings (SSSR count). The van der Waals surface area contributed by atoms with Crippen LogP contribution in [0.4, 0.5) is 0 Å². The molecule has 0 aromatic carbocycles. The molecular weight excluding hydrogens is 220 g/mol. The molecule has 1 unspecified atom stereocenters. The van der Waals surface area contributed by atoms with Crippen LogP contribution in [0, 0.1) is 0 Å². The largest absolute Gasteiger partial charge is 0.463 e. The Bertz CT molecular complexity index is 271. The molecule has 0 aromatic heterocycles. The Morgan fingerprint density at radius 2 is 1.88 bits per heavy atom. The molecule has 0 saturated carbocycles. The van der Waals surface area contributed by atoms with Crippen molar-refractivity contribution in [2.45, 2.75) is 52.6 Å². The maximum atomic E-state index is 11.4. The summed E-state index contributed by atoms with van der Waals surface area (Å²) in [5.41, 5.74) is 0.271. The van der Waals surface area contributed by atoms with Crippen LogP contribution in [0.15, 0.2) is 12.2 Å². The second-order valence-corrected chi connectivity index (χ2v) is 4.06. The van der Waals surface area contributed by atoms with Crippen LogP contribution in [0.25, 0.3) is 0 Å². The predicted molar refractivity (Wildman–Crippen MR) is 65.5 cm³/mol. The van der Waals surface area contributed by atoms with E-state index >= 15 is 0 Å². The minimum atomic E-state index is -0.870. The third-order valence-corrected chi connectivity index (χ3v) is 2.21. The Kier molecular flexibility index (Phi) is 8.11. The monoisotopic (exact) mass is 242 g/mol. The second-order valence-electron chi connectivity index (χ2n) is 4.06. The summed E-state index contributed by atoms with van der Waals surface area (Å²) < 4.78 is 9.82. The van der Waals surface area contributed by atoms with Crippen molar-refractivity contribution in [1.82, 2.24) is 0 Å². The molecule has 0 bridgehead atoms. The van der Waals surface area contributed by atoms with E-state index in [2.05, 4.69) is 13.5 Å². The minimum Gasteiger partial charge on any atom is -0.463 e. The molecule has 4 heteroatoms. The third kappa shape index (κ3) is 7.55. The van der Waals surface area contributed by atoms with Gasteiger partial charge in [-0.25, -0.2) is 9.59 Å². The quantitative estimate of drug-likeness (QED) is 0.373. The molecule has 0 aliphatic rings. The molecule has 0 aliphatic carbocycles. The Morgan fingerprint density at radius 3 is 2.41 bits per heavy atom. The summed E-state index contributed by atoms with van der Waals surface area (Å²) >= 11 is 0. The number of hydrogen-bond donors (Lipinski definition) is 0. The van der Waals surface area contributed by atoms with Gasteiger partial charge in [-0.15, -0.1) is 0 Å². The molecule has 0 N–H and O–H groups in total. The first-order valence-corrected chi connectivity index (χ1v) is 6.02. The zero-order chi connectivity index (χ0) is 13.3. The van der Waals surface area contributed by atoms with Crippen LogP contribution < -0.4 is 0 Å². The highest BCUT2D eigenvalue weighted by molar-refractivity contribution is 5.89. The summed E-state index contributed by atoms with van der Waals surface area (Å²) in [6.07, 6.45) is 3.30. The van der Waals surface area contributed by atoms with Gasteiger partial charge >= 0.3 is 11.9 Å². The summed E-state index contributed by atoms with van der Waals surface area (Å²) in [4.78, 5) is 22.5. The van der Waals surface area contributed by atoms with E-state index in [-0.39, 0.29) is 5.57 Å². The van der Waals surface area contributed by atoms with Crippen LogP contribution in [0.2, 0.25) is 0 Å². The van der Waals surface area contributed by atoms with E-state index < -0.39 is 18.0 Å². The molecule has 0 aromatic rings. The normalized spacial score (nSPS) is 11.7. The number of ether oxygens (including phenoxy) is 2. The standard InChI is InChI=1S/C13H22O4/c1-5-6-7-8-9-16-13(15)11(4)17-12(14)10(2)3/h11H,2,5-9H2,1,3-4H3. The molecule has 0 amide bonds. The van der Waals surface area contributed by atoms with Gasteiger partial charge in [-0.3, -0.25) is 0 Å². The molecule has 4 nitrogen and oxygen atoms in total. The van der Waals surface area contributed by atoms with E-state index in [1.54, 1.807) is 0 Å². The van der Waals surface area contributed by atoms with Crippen molar-refractivity contribution in [3.63, 3.8) is 0 Å². The molecule has 0 spiro atoms. The van der Waals surface area contributed by atoms with Crippen LogP contribution in [0.5, 0.6) is 0 Å². The summed E-state index contributed by atoms with van der Waals surface area (Å²) in [7, 11) is 0. The fraction of sp³-hybridized carbons (Fsp3) is 0.692. The molecule has 98 valence electrons. The lowest BCUT2D eigenvalue weighted by atomic mass is 10.2. The first-order chi connectivity index (χ1) is 7.99.